The lowest BCUT2D eigenvalue weighted by Gasteiger charge is -2.14. The van der Waals surface area contributed by atoms with Crippen molar-refractivity contribution >= 4 is 39.9 Å². The summed E-state index contributed by atoms with van der Waals surface area (Å²) in [5, 5.41) is 2.42. The van der Waals surface area contributed by atoms with Gasteiger partial charge in [-0.25, -0.2) is 18.7 Å². The Hall–Kier alpha value is -1.81. The van der Waals surface area contributed by atoms with Gasteiger partial charge in [0.25, 0.3) is 5.91 Å². The van der Waals surface area contributed by atoms with Crippen molar-refractivity contribution in [1.82, 2.24) is 5.48 Å². The highest BCUT2D eigenvalue weighted by molar-refractivity contribution is 14.1. The van der Waals surface area contributed by atoms with Crippen molar-refractivity contribution < 1.29 is 22.8 Å². The van der Waals surface area contributed by atoms with Crippen molar-refractivity contribution in [2.24, 2.45) is 0 Å². The minimum atomic E-state index is -1.29. The Morgan fingerprint density at radius 1 is 1.17 bits per heavy atom. The molecule has 0 saturated heterocycles. The van der Waals surface area contributed by atoms with E-state index in [1.54, 1.807) is 13.0 Å². The minimum absolute atomic E-state index is 0.0830. The van der Waals surface area contributed by atoms with Crippen molar-refractivity contribution in [2.45, 2.75) is 6.92 Å². The topological polar surface area (TPSA) is 50.4 Å². The van der Waals surface area contributed by atoms with Crippen molar-refractivity contribution in [2.75, 3.05) is 11.9 Å². The lowest BCUT2D eigenvalue weighted by atomic mass is 10.1. The van der Waals surface area contributed by atoms with Crippen molar-refractivity contribution in [3.8, 4) is 0 Å². The van der Waals surface area contributed by atoms with E-state index < -0.39 is 29.0 Å². The van der Waals surface area contributed by atoms with E-state index in [0.717, 1.165) is 12.1 Å². The molecule has 0 aromatic heterocycles. The maximum atomic E-state index is 14.1. The van der Waals surface area contributed by atoms with Crippen molar-refractivity contribution in [3.05, 3.63) is 56.9 Å². The molecule has 2 N–H and O–H groups in total. The van der Waals surface area contributed by atoms with Crippen LogP contribution in [0.4, 0.5) is 24.5 Å². The van der Waals surface area contributed by atoms with Gasteiger partial charge in [-0.15, -0.1) is 0 Å². The molecule has 0 heterocycles. The molecular weight excluding hydrogens is 424 g/mol. The van der Waals surface area contributed by atoms with E-state index in [2.05, 4.69) is 10.8 Å². The molecule has 0 radical (unpaired) electrons. The van der Waals surface area contributed by atoms with E-state index in [1.807, 2.05) is 22.6 Å². The van der Waals surface area contributed by atoms with Crippen LogP contribution in [-0.2, 0) is 4.84 Å². The molecule has 0 unspecified atom stereocenters. The molecule has 0 bridgehead atoms. The highest BCUT2D eigenvalue weighted by atomic mass is 127. The lowest BCUT2D eigenvalue weighted by Crippen LogP contribution is -2.25. The molecule has 2 aromatic rings. The molecule has 0 aliphatic heterocycles. The number of nitrogens with one attached hydrogen (secondary N) is 2. The second-order valence-electron chi connectivity index (χ2n) is 4.40. The third-order valence-electron chi connectivity index (χ3n) is 2.84. The number of hydrogen-bond donors (Lipinski definition) is 2. The average molecular weight is 436 g/mol. The van der Waals surface area contributed by atoms with Crippen LogP contribution in [0.2, 0.25) is 0 Å². The number of rotatable bonds is 5. The van der Waals surface area contributed by atoms with Gasteiger partial charge in [0, 0.05) is 3.57 Å². The van der Waals surface area contributed by atoms with Gasteiger partial charge in [0.1, 0.15) is 5.82 Å². The Bertz CT molecular complexity index is 741. The first-order chi connectivity index (χ1) is 10.9. The Labute approximate surface area is 144 Å². The molecule has 0 fully saturated rings. The van der Waals surface area contributed by atoms with Gasteiger partial charge in [-0.05, 0) is 59.8 Å². The zero-order valence-corrected chi connectivity index (χ0v) is 14.1. The molecule has 122 valence electrons. The van der Waals surface area contributed by atoms with Crippen LogP contribution < -0.4 is 10.8 Å². The lowest BCUT2D eigenvalue weighted by molar-refractivity contribution is 0.0365. The number of halogens is 4. The van der Waals surface area contributed by atoms with E-state index >= 15 is 0 Å². The first kappa shape index (κ1) is 17.5. The summed E-state index contributed by atoms with van der Waals surface area (Å²) in [6.45, 7) is 1.84. The highest BCUT2D eigenvalue weighted by Crippen LogP contribution is 2.28. The van der Waals surface area contributed by atoms with Crippen LogP contribution >= 0.6 is 22.6 Å². The van der Waals surface area contributed by atoms with Crippen LogP contribution in [0.3, 0.4) is 0 Å². The van der Waals surface area contributed by atoms with Crippen LogP contribution in [0.5, 0.6) is 0 Å². The minimum Gasteiger partial charge on any atom is -0.350 e. The van der Waals surface area contributed by atoms with Crippen LogP contribution in [0.1, 0.15) is 17.3 Å². The molecule has 2 aromatic carbocycles. The second kappa shape index (κ2) is 7.64. The van der Waals surface area contributed by atoms with Crippen LogP contribution in [0.25, 0.3) is 0 Å². The Kier molecular flexibility index (Phi) is 5.83. The van der Waals surface area contributed by atoms with Gasteiger partial charge >= 0.3 is 0 Å². The van der Waals surface area contributed by atoms with E-state index in [0.29, 0.717) is 3.57 Å². The zero-order chi connectivity index (χ0) is 17.0. The standard InChI is InChI=1S/C15H12F3IN2O2/c1-2-23-21-15(22)9-4-5-10(16)13(18)14(9)20-12-6-3-8(19)7-11(12)17/h3-7,20H,2H2,1H3,(H,21,22). The first-order valence-electron chi connectivity index (χ1n) is 6.56. The molecule has 4 nitrogen and oxygen atoms in total. The molecule has 1 amide bonds. The molecule has 0 aliphatic rings. The summed E-state index contributed by atoms with van der Waals surface area (Å²) in [4.78, 5) is 16.7. The van der Waals surface area contributed by atoms with Gasteiger partial charge in [-0.3, -0.25) is 9.63 Å². The van der Waals surface area contributed by atoms with E-state index in [4.69, 9.17) is 4.84 Å². The SMILES string of the molecule is CCONC(=O)c1ccc(F)c(F)c1Nc1ccc(I)cc1F. The molecule has 0 atom stereocenters. The monoisotopic (exact) mass is 436 g/mol. The maximum absolute atomic E-state index is 14.1. The van der Waals surface area contributed by atoms with Gasteiger partial charge in [-0.2, -0.15) is 0 Å². The van der Waals surface area contributed by atoms with Crippen LogP contribution in [0, 0.1) is 21.0 Å². The summed E-state index contributed by atoms with van der Waals surface area (Å²) in [7, 11) is 0. The molecule has 0 aliphatic carbocycles. The molecular formula is C15H12F3IN2O2. The third kappa shape index (κ3) is 4.14. The number of benzene rings is 2. The number of carbonyl (C=O) groups excluding carboxylic acids is 1. The molecule has 2 rings (SSSR count). The fraction of sp³-hybridized carbons (Fsp3) is 0.133. The predicted octanol–water partition coefficient (Wildman–Crippen LogP) is 4.13. The molecule has 8 heteroatoms. The normalized spacial score (nSPS) is 10.5. The molecule has 23 heavy (non-hydrogen) atoms. The molecule has 0 spiro atoms. The summed E-state index contributed by atoms with van der Waals surface area (Å²) < 4.78 is 42.1. The first-order valence-corrected chi connectivity index (χ1v) is 7.64. The zero-order valence-electron chi connectivity index (χ0n) is 11.9. The maximum Gasteiger partial charge on any atom is 0.277 e. The van der Waals surface area contributed by atoms with E-state index in [-0.39, 0.29) is 17.9 Å². The number of carbonyl (C=O) groups is 1. The van der Waals surface area contributed by atoms with Crippen LogP contribution in [-0.4, -0.2) is 12.5 Å². The quantitative estimate of drug-likeness (QED) is 0.548. The van der Waals surface area contributed by atoms with Crippen molar-refractivity contribution in [1.29, 1.82) is 0 Å². The average Bonchev–Trinajstić information content (AvgIpc) is 2.52. The number of hydrogen-bond acceptors (Lipinski definition) is 3. The number of amides is 1. The number of hydroxylamine groups is 1. The van der Waals surface area contributed by atoms with Crippen molar-refractivity contribution in [3.63, 3.8) is 0 Å². The summed E-state index contributed by atoms with van der Waals surface area (Å²) in [6.07, 6.45) is 0. The summed E-state index contributed by atoms with van der Waals surface area (Å²) in [5.74, 6) is -3.88. The second-order valence-corrected chi connectivity index (χ2v) is 5.64. The largest absolute Gasteiger partial charge is 0.350 e. The van der Waals surface area contributed by atoms with Gasteiger partial charge in [0.15, 0.2) is 11.6 Å². The van der Waals surface area contributed by atoms with Gasteiger partial charge in [0.2, 0.25) is 0 Å². The Morgan fingerprint density at radius 2 is 1.91 bits per heavy atom. The fourth-order valence-corrected chi connectivity index (χ4v) is 2.23. The predicted molar refractivity (Wildman–Crippen MR) is 87.8 cm³/mol. The Morgan fingerprint density at radius 3 is 2.57 bits per heavy atom. The summed E-state index contributed by atoms with van der Waals surface area (Å²) >= 11 is 1.92. The highest BCUT2D eigenvalue weighted by Gasteiger charge is 2.20. The summed E-state index contributed by atoms with van der Waals surface area (Å²) in [6, 6.07) is 6.07. The Balaban J connectivity index is 2.43. The fourth-order valence-electron chi connectivity index (χ4n) is 1.78. The van der Waals surface area contributed by atoms with Gasteiger partial charge < -0.3 is 5.32 Å². The van der Waals surface area contributed by atoms with E-state index in [9.17, 15) is 18.0 Å². The smallest absolute Gasteiger partial charge is 0.277 e. The molecule has 0 saturated carbocycles. The third-order valence-corrected chi connectivity index (χ3v) is 3.51. The van der Waals surface area contributed by atoms with E-state index in [1.165, 1.54) is 12.1 Å². The van der Waals surface area contributed by atoms with Gasteiger partial charge in [0.05, 0.1) is 23.5 Å². The van der Waals surface area contributed by atoms with Gasteiger partial charge in [-0.1, -0.05) is 0 Å². The summed E-state index contributed by atoms with van der Waals surface area (Å²) in [5.41, 5.74) is 1.32. The van der Waals surface area contributed by atoms with Crippen LogP contribution in [0.15, 0.2) is 30.3 Å². The number of anilines is 2.